The second-order valence-electron chi connectivity index (χ2n) is 3.83. The first-order chi connectivity index (χ1) is 9.17. The Kier molecular flexibility index (Phi) is 6.86. The van der Waals surface area contributed by atoms with Gasteiger partial charge in [0.1, 0.15) is 11.6 Å². The maximum atomic E-state index is 11.8. The highest BCUT2D eigenvalue weighted by atomic mass is 79.9. The van der Waals surface area contributed by atoms with Crippen molar-refractivity contribution in [3.8, 4) is 6.07 Å². The highest BCUT2D eigenvalue weighted by Gasteiger charge is 2.08. The van der Waals surface area contributed by atoms with E-state index in [-0.39, 0.29) is 11.5 Å². The summed E-state index contributed by atoms with van der Waals surface area (Å²) >= 11 is 3.34. The number of benzene rings is 1. The van der Waals surface area contributed by atoms with Gasteiger partial charge in [-0.3, -0.25) is 4.79 Å². The van der Waals surface area contributed by atoms with Crippen molar-refractivity contribution in [1.29, 1.82) is 5.26 Å². The number of halogens is 1. The number of nitrogens with one attached hydrogen (secondary N) is 1. The summed E-state index contributed by atoms with van der Waals surface area (Å²) in [7, 11) is 1.61. The fourth-order valence-corrected chi connectivity index (χ4v) is 1.84. The molecule has 0 saturated heterocycles. The van der Waals surface area contributed by atoms with E-state index in [1.165, 1.54) is 0 Å². The van der Waals surface area contributed by atoms with Crippen molar-refractivity contribution in [1.82, 2.24) is 5.32 Å². The zero-order chi connectivity index (χ0) is 14.1. The first-order valence-electron chi connectivity index (χ1n) is 5.82. The number of hydrogen-bond acceptors (Lipinski definition) is 3. The number of nitriles is 1. The lowest BCUT2D eigenvalue weighted by molar-refractivity contribution is -0.117. The van der Waals surface area contributed by atoms with Crippen LogP contribution in [-0.4, -0.2) is 26.2 Å². The summed E-state index contributed by atoms with van der Waals surface area (Å²) in [5.41, 5.74) is 0.897. The third kappa shape index (κ3) is 5.69. The van der Waals surface area contributed by atoms with E-state index >= 15 is 0 Å². The van der Waals surface area contributed by atoms with Crippen molar-refractivity contribution in [2.24, 2.45) is 0 Å². The molecule has 0 unspecified atom stereocenters. The average molecular weight is 323 g/mol. The second kappa shape index (κ2) is 8.46. The van der Waals surface area contributed by atoms with Crippen LogP contribution >= 0.6 is 15.9 Å². The Labute approximate surface area is 121 Å². The maximum Gasteiger partial charge on any atom is 0.261 e. The summed E-state index contributed by atoms with van der Waals surface area (Å²) in [6.07, 6.45) is 2.29. The van der Waals surface area contributed by atoms with Crippen LogP contribution in [0.1, 0.15) is 12.0 Å². The average Bonchev–Trinajstić information content (AvgIpc) is 2.41. The molecule has 0 aliphatic carbocycles. The largest absolute Gasteiger partial charge is 0.385 e. The molecular weight excluding hydrogens is 308 g/mol. The van der Waals surface area contributed by atoms with Crippen molar-refractivity contribution < 1.29 is 9.53 Å². The van der Waals surface area contributed by atoms with E-state index < -0.39 is 0 Å². The van der Waals surface area contributed by atoms with E-state index in [1.54, 1.807) is 13.2 Å². The normalized spacial score (nSPS) is 10.9. The summed E-state index contributed by atoms with van der Waals surface area (Å²) in [6.45, 7) is 1.07. The Balaban J connectivity index is 2.67. The Hall–Kier alpha value is -1.64. The van der Waals surface area contributed by atoms with Gasteiger partial charge in [-0.05, 0) is 30.2 Å². The Morgan fingerprint density at radius 2 is 2.37 bits per heavy atom. The van der Waals surface area contributed by atoms with Crippen LogP contribution in [0.25, 0.3) is 6.08 Å². The minimum atomic E-state index is -0.362. The Bertz CT molecular complexity index is 506. The number of carbonyl (C=O) groups is 1. The van der Waals surface area contributed by atoms with Gasteiger partial charge in [0.15, 0.2) is 0 Å². The fraction of sp³-hybridized carbons (Fsp3) is 0.286. The van der Waals surface area contributed by atoms with Gasteiger partial charge >= 0.3 is 0 Å². The van der Waals surface area contributed by atoms with Crippen molar-refractivity contribution in [2.45, 2.75) is 6.42 Å². The number of methoxy groups -OCH3 is 1. The van der Waals surface area contributed by atoms with Gasteiger partial charge in [0.2, 0.25) is 0 Å². The molecule has 0 heterocycles. The van der Waals surface area contributed by atoms with E-state index in [4.69, 9.17) is 10.00 Å². The molecule has 0 radical (unpaired) electrons. The minimum absolute atomic E-state index is 0.0931. The SMILES string of the molecule is COCCCNC(=O)/C(C#N)=C\c1cccc(Br)c1. The van der Waals surface area contributed by atoms with Gasteiger partial charge in [0, 0.05) is 24.7 Å². The summed E-state index contributed by atoms with van der Waals surface area (Å²) in [4.78, 5) is 11.8. The summed E-state index contributed by atoms with van der Waals surface area (Å²) in [5, 5.41) is 11.7. The third-order valence-electron chi connectivity index (χ3n) is 2.34. The molecule has 0 aliphatic rings. The topological polar surface area (TPSA) is 62.1 Å². The molecule has 1 rings (SSSR count). The van der Waals surface area contributed by atoms with Crippen LogP contribution in [0.15, 0.2) is 34.3 Å². The van der Waals surface area contributed by atoms with Crippen LogP contribution in [-0.2, 0) is 9.53 Å². The zero-order valence-electron chi connectivity index (χ0n) is 10.6. The number of nitrogens with zero attached hydrogens (tertiary/aromatic N) is 1. The summed E-state index contributed by atoms with van der Waals surface area (Å²) in [6, 6.07) is 9.32. The van der Waals surface area contributed by atoms with Gasteiger partial charge in [-0.15, -0.1) is 0 Å². The van der Waals surface area contributed by atoms with Crippen molar-refractivity contribution in [2.75, 3.05) is 20.3 Å². The highest BCUT2D eigenvalue weighted by Crippen LogP contribution is 2.14. The molecule has 0 spiro atoms. The van der Waals surface area contributed by atoms with Crippen molar-refractivity contribution >= 4 is 27.9 Å². The lowest BCUT2D eigenvalue weighted by Crippen LogP contribution is -2.26. The number of amides is 1. The highest BCUT2D eigenvalue weighted by molar-refractivity contribution is 9.10. The molecule has 100 valence electrons. The number of ether oxygens (including phenoxy) is 1. The number of carbonyl (C=O) groups excluding carboxylic acids is 1. The van der Waals surface area contributed by atoms with E-state index in [0.29, 0.717) is 13.2 Å². The lowest BCUT2D eigenvalue weighted by atomic mass is 10.1. The molecule has 0 fully saturated rings. The first kappa shape index (κ1) is 15.4. The molecule has 0 aromatic heterocycles. The Morgan fingerprint density at radius 3 is 3.00 bits per heavy atom. The third-order valence-corrected chi connectivity index (χ3v) is 2.83. The van der Waals surface area contributed by atoms with Gasteiger partial charge in [-0.1, -0.05) is 28.1 Å². The van der Waals surface area contributed by atoms with Gasteiger partial charge in [-0.2, -0.15) is 5.26 Å². The van der Waals surface area contributed by atoms with E-state index in [0.717, 1.165) is 16.5 Å². The van der Waals surface area contributed by atoms with Crippen LogP contribution in [0.4, 0.5) is 0 Å². The summed E-state index contributed by atoms with van der Waals surface area (Å²) in [5.74, 6) is -0.362. The van der Waals surface area contributed by atoms with E-state index in [2.05, 4.69) is 21.2 Å². The quantitative estimate of drug-likeness (QED) is 0.497. The Morgan fingerprint density at radius 1 is 1.58 bits per heavy atom. The van der Waals surface area contributed by atoms with Crippen LogP contribution in [0.5, 0.6) is 0 Å². The molecule has 1 N–H and O–H groups in total. The summed E-state index contributed by atoms with van der Waals surface area (Å²) < 4.78 is 5.79. The standard InChI is InChI=1S/C14H15BrN2O2/c1-19-7-3-6-17-14(18)12(10-16)8-11-4-2-5-13(15)9-11/h2,4-5,8-9H,3,6-7H2,1H3,(H,17,18)/b12-8-. The number of rotatable bonds is 6. The van der Waals surface area contributed by atoms with Gasteiger partial charge in [-0.25, -0.2) is 0 Å². The van der Waals surface area contributed by atoms with Gasteiger partial charge < -0.3 is 10.1 Å². The molecule has 1 amide bonds. The zero-order valence-corrected chi connectivity index (χ0v) is 12.2. The molecule has 1 aromatic carbocycles. The lowest BCUT2D eigenvalue weighted by Gasteiger charge is -2.03. The molecule has 0 aliphatic heterocycles. The van der Waals surface area contributed by atoms with Crippen LogP contribution in [0.3, 0.4) is 0 Å². The van der Waals surface area contributed by atoms with Crippen molar-refractivity contribution in [3.05, 3.63) is 39.9 Å². The monoisotopic (exact) mass is 322 g/mol. The maximum absolute atomic E-state index is 11.8. The molecule has 5 heteroatoms. The smallest absolute Gasteiger partial charge is 0.261 e. The fourth-order valence-electron chi connectivity index (χ4n) is 1.43. The molecule has 1 aromatic rings. The van der Waals surface area contributed by atoms with Gasteiger partial charge in [0.25, 0.3) is 5.91 Å². The van der Waals surface area contributed by atoms with E-state index in [1.807, 2.05) is 30.3 Å². The van der Waals surface area contributed by atoms with Crippen LogP contribution in [0.2, 0.25) is 0 Å². The predicted octanol–water partition coefficient (Wildman–Crippen LogP) is 2.51. The van der Waals surface area contributed by atoms with Crippen molar-refractivity contribution in [3.63, 3.8) is 0 Å². The molecule has 4 nitrogen and oxygen atoms in total. The van der Waals surface area contributed by atoms with Crippen LogP contribution < -0.4 is 5.32 Å². The molecule has 19 heavy (non-hydrogen) atoms. The first-order valence-corrected chi connectivity index (χ1v) is 6.61. The molecule has 0 bridgehead atoms. The molecular formula is C14H15BrN2O2. The molecule has 0 saturated carbocycles. The second-order valence-corrected chi connectivity index (χ2v) is 4.74. The minimum Gasteiger partial charge on any atom is -0.385 e. The van der Waals surface area contributed by atoms with Gasteiger partial charge in [0.05, 0.1) is 0 Å². The van der Waals surface area contributed by atoms with E-state index in [9.17, 15) is 4.79 Å². The molecule has 0 atom stereocenters. The van der Waals surface area contributed by atoms with Crippen LogP contribution in [0, 0.1) is 11.3 Å². The number of hydrogen-bond donors (Lipinski definition) is 1. The predicted molar refractivity (Wildman–Crippen MR) is 77.2 cm³/mol.